The molecule has 1 aliphatic carbocycles. The molecule has 1 aliphatic rings. The fourth-order valence-electron chi connectivity index (χ4n) is 2.55. The summed E-state index contributed by atoms with van der Waals surface area (Å²) in [6.07, 6.45) is 3.81. The summed E-state index contributed by atoms with van der Waals surface area (Å²) in [5.74, 6) is 1.94. The van der Waals surface area contributed by atoms with Crippen LogP contribution in [0.15, 0.2) is 36.9 Å². The van der Waals surface area contributed by atoms with Crippen LogP contribution in [0.4, 0.5) is 5.69 Å². The second kappa shape index (κ2) is 7.29. The molecule has 1 aromatic heterocycles. The van der Waals surface area contributed by atoms with Gasteiger partial charge in [-0.15, -0.1) is 10.2 Å². The van der Waals surface area contributed by atoms with Crippen LogP contribution in [0.1, 0.15) is 36.0 Å². The second-order valence-electron chi connectivity index (χ2n) is 6.15. The predicted octanol–water partition coefficient (Wildman–Crippen LogP) is 1.68. The third-order valence-electron chi connectivity index (χ3n) is 4.16. The smallest absolute Gasteiger partial charge is 0.247 e. The van der Waals surface area contributed by atoms with Crippen LogP contribution in [-0.2, 0) is 29.6 Å². The van der Waals surface area contributed by atoms with Crippen molar-refractivity contribution in [3.63, 3.8) is 0 Å². The van der Waals surface area contributed by atoms with E-state index in [4.69, 9.17) is 0 Å². The SMILES string of the molecule is C=CC(=O)Nc1ccc(CC(=O)NCc2nnc(C3CC3)n2C)cc1. The number of benzene rings is 1. The Morgan fingerprint density at radius 3 is 2.64 bits per heavy atom. The molecule has 0 radical (unpaired) electrons. The van der Waals surface area contributed by atoms with E-state index in [1.165, 1.54) is 18.9 Å². The summed E-state index contributed by atoms with van der Waals surface area (Å²) < 4.78 is 1.97. The van der Waals surface area contributed by atoms with Gasteiger partial charge in [0.25, 0.3) is 0 Å². The van der Waals surface area contributed by atoms with Crippen molar-refractivity contribution in [3.05, 3.63) is 54.1 Å². The molecule has 1 aromatic carbocycles. The van der Waals surface area contributed by atoms with E-state index >= 15 is 0 Å². The lowest BCUT2D eigenvalue weighted by molar-refractivity contribution is -0.120. The van der Waals surface area contributed by atoms with Crippen molar-refractivity contribution in [2.24, 2.45) is 7.05 Å². The van der Waals surface area contributed by atoms with Gasteiger partial charge in [-0.05, 0) is 36.6 Å². The Morgan fingerprint density at radius 1 is 1.28 bits per heavy atom. The molecule has 0 unspecified atom stereocenters. The molecule has 0 bridgehead atoms. The van der Waals surface area contributed by atoms with Gasteiger partial charge in [0, 0.05) is 18.7 Å². The molecule has 7 heteroatoms. The number of carbonyl (C=O) groups is 2. The fraction of sp³-hybridized carbons (Fsp3) is 0.333. The van der Waals surface area contributed by atoms with Crippen LogP contribution in [-0.4, -0.2) is 26.6 Å². The largest absolute Gasteiger partial charge is 0.349 e. The molecule has 25 heavy (non-hydrogen) atoms. The maximum absolute atomic E-state index is 12.1. The van der Waals surface area contributed by atoms with Crippen molar-refractivity contribution in [1.82, 2.24) is 20.1 Å². The Balaban J connectivity index is 1.50. The summed E-state index contributed by atoms with van der Waals surface area (Å²) in [5, 5.41) is 13.9. The molecule has 0 atom stereocenters. The van der Waals surface area contributed by atoms with Crippen molar-refractivity contribution in [3.8, 4) is 0 Å². The quantitative estimate of drug-likeness (QED) is 0.751. The Morgan fingerprint density at radius 2 is 2.00 bits per heavy atom. The number of anilines is 1. The molecule has 3 rings (SSSR count). The Kier molecular flexibility index (Phi) is 4.92. The van der Waals surface area contributed by atoms with Gasteiger partial charge in [0.2, 0.25) is 11.8 Å². The van der Waals surface area contributed by atoms with Gasteiger partial charge >= 0.3 is 0 Å². The van der Waals surface area contributed by atoms with Crippen LogP contribution in [0, 0.1) is 0 Å². The van der Waals surface area contributed by atoms with Crippen molar-refractivity contribution in [1.29, 1.82) is 0 Å². The molecule has 1 heterocycles. The van der Waals surface area contributed by atoms with Gasteiger partial charge in [0.15, 0.2) is 5.82 Å². The summed E-state index contributed by atoms with van der Waals surface area (Å²) in [7, 11) is 1.94. The molecule has 1 saturated carbocycles. The molecule has 0 saturated heterocycles. The normalized spacial score (nSPS) is 13.3. The molecule has 0 spiro atoms. The van der Waals surface area contributed by atoms with Gasteiger partial charge in [-0.3, -0.25) is 9.59 Å². The first kappa shape index (κ1) is 16.9. The first-order valence-corrected chi connectivity index (χ1v) is 8.24. The van der Waals surface area contributed by atoms with Gasteiger partial charge in [-0.1, -0.05) is 18.7 Å². The highest BCUT2D eigenvalue weighted by molar-refractivity contribution is 5.98. The van der Waals surface area contributed by atoms with Crippen molar-refractivity contribution >= 4 is 17.5 Å². The third kappa shape index (κ3) is 4.32. The number of rotatable bonds is 7. The number of hydrogen-bond acceptors (Lipinski definition) is 4. The summed E-state index contributed by atoms with van der Waals surface area (Å²) in [4.78, 5) is 23.3. The van der Waals surface area contributed by atoms with Crippen molar-refractivity contribution in [2.75, 3.05) is 5.32 Å². The predicted molar refractivity (Wildman–Crippen MR) is 93.8 cm³/mol. The zero-order chi connectivity index (χ0) is 17.8. The minimum atomic E-state index is -0.264. The average molecular weight is 339 g/mol. The minimum Gasteiger partial charge on any atom is -0.349 e. The third-order valence-corrected chi connectivity index (χ3v) is 4.16. The van der Waals surface area contributed by atoms with Crippen LogP contribution < -0.4 is 10.6 Å². The fourth-order valence-corrected chi connectivity index (χ4v) is 2.55. The van der Waals surface area contributed by atoms with Crippen LogP contribution in [0.5, 0.6) is 0 Å². The van der Waals surface area contributed by atoms with Gasteiger partial charge in [-0.25, -0.2) is 0 Å². The zero-order valence-electron chi connectivity index (χ0n) is 14.2. The first-order valence-electron chi connectivity index (χ1n) is 8.24. The summed E-state index contributed by atoms with van der Waals surface area (Å²) >= 11 is 0. The number of nitrogens with zero attached hydrogens (tertiary/aromatic N) is 3. The molecule has 2 aromatic rings. The molecule has 130 valence electrons. The number of nitrogens with one attached hydrogen (secondary N) is 2. The van der Waals surface area contributed by atoms with E-state index in [9.17, 15) is 9.59 Å². The maximum atomic E-state index is 12.1. The lowest BCUT2D eigenvalue weighted by Gasteiger charge is -2.07. The topological polar surface area (TPSA) is 88.9 Å². The second-order valence-corrected chi connectivity index (χ2v) is 6.15. The van der Waals surface area contributed by atoms with E-state index in [-0.39, 0.29) is 18.2 Å². The standard InChI is InChI=1S/C18H21N5O2/c1-3-16(24)20-14-8-4-12(5-9-14)10-17(25)19-11-15-21-22-18(23(15)2)13-6-7-13/h3-5,8-9,13H,1,6-7,10-11H2,2H3,(H,19,25)(H,20,24). The van der Waals surface area contributed by atoms with Crippen LogP contribution in [0.2, 0.25) is 0 Å². The zero-order valence-corrected chi connectivity index (χ0v) is 14.2. The number of carbonyl (C=O) groups excluding carboxylic acids is 2. The molecule has 1 fully saturated rings. The van der Waals surface area contributed by atoms with Gasteiger partial charge in [0.05, 0.1) is 13.0 Å². The highest BCUT2D eigenvalue weighted by Crippen LogP contribution is 2.38. The summed E-state index contributed by atoms with van der Waals surface area (Å²) in [5.41, 5.74) is 1.53. The van der Waals surface area contributed by atoms with E-state index in [1.54, 1.807) is 12.1 Å². The highest BCUT2D eigenvalue weighted by atomic mass is 16.2. The van der Waals surface area contributed by atoms with Gasteiger partial charge < -0.3 is 15.2 Å². The van der Waals surface area contributed by atoms with Gasteiger partial charge in [-0.2, -0.15) is 0 Å². The van der Waals surface area contributed by atoms with E-state index in [0.29, 0.717) is 18.2 Å². The Bertz CT molecular complexity index is 790. The van der Waals surface area contributed by atoms with Gasteiger partial charge in [0.1, 0.15) is 5.82 Å². The monoisotopic (exact) mass is 339 g/mol. The number of hydrogen-bond donors (Lipinski definition) is 2. The Labute approximate surface area is 146 Å². The first-order chi connectivity index (χ1) is 12.1. The van der Waals surface area contributed by atoms with E-state index < -0.39 is 0 Å². The van der Waals surface area contributed by atoms with Crippen LogP contribution >= 0.6 is 0 Å². The van der Waals surface area contributed by atoms with Crippen molar-refractivity contribution < 1.29 is 9.59 Å². The molecular formula is C18H21N5O2. The number of amides is 2. The lowest BCUT2D eigenvalue weighted by atomic mass is 10.1. The molecule has 2 amide bonds. The molecule has 2 N–H and O–H groups in total. The molecule has 0 aliphatic heterocycles. The summed E-state index contributed by atoms with van der Waals surface area (Å²) in [6.45, 7) is 3.77. The van der Waals surface area contributed by atoms with Crippen molar-refractivity contribution in [2.45, 2.75) is 31.7 Å². The summed E-state index contributed by atoms with van der Waals surface area (Å²) in [6, 6.07) is 7.14. The average Bonchev–Trinajstić information content (AvgIpc) is 3.38. The molecule has 7 nitrogen and oxygen atoms in total. The van der Waals surface area contributed by atoms with Crippen LogP contribution in [0.3, 0.4) is 0 Å². The highest BCUT2D eigenvalue weighted by Gasteiger charge is 2.29. The maximum Gasteiger partial charge on any atom is 0.247 e. The van der Waals surface area contributed by atoms with Crippen LogP contribution in [0.25, 0.3) is 0 Å². The number of aromatic nitrogens is 3. The minimum absolute atomic E-state index is 0.0844. The Hall–Kier alpha value is -2.96. The van der Waals surface area contributed by atoms with E-state index in [2.05, 4.69) is 27.4 Å². The lowest BCUT2D eigenvalue weighted by Crippen LogP contribution is -2.26. The van der Waals surface area contributed by atoms with E-state index in [0.717, 1.165) is 17.2 Å². The van der Waals surface area contributed by atoms with E-state index in [1.807, 2.05) is 23.7 Å². The molecular weight excluding hydrogens is 318 g/mol.